The van der Waals surface area contributed by atoms with Gasteiger partial charge in [0.15, 0.2) is 0 Å². The molecule has 0 aromatic heterocycles. The minimum absolute atomic E-state index is 0.155. The van der Waals surface area contributed by atoms with Crippen molar-refractivity contribution < 1.29 is 22.9 Å². The first-order chi connectivity index (χ1) is 28.9. The lowest BCUT2D eigenvalue weighted by Crippen LogP contribution is -2.48. The second kappa shape index (κ2) is 19.0. The number of rotatable bonds is 17. The minimum Gasteiger partial charge on any atom is -0.374 e. The average Bonchev–Trinajstić information content (AvgIpc) is 3.78. The van der Waals surface area contributed by atoms with Crippen LogP contribution < -0.4 is 14.9 Å². The molecule has 11 nitrogen and oxygen atoms in total. The largest absolute Gasteiger partial charge is 0.374 e. The molecule has 314 valence electrons. The third-order valence-corrected chi connectivity index (χ3v) is 14.1. The van der Waals surface area contributed by atoms with Gasteiger partial charge >= 0.3 is 0 Å². The molecule has 7 rings (SSSR count). The smallest absolute Gasteiger partial charge is 0.293 e. The molecule has 2 N–H and O–H groups in total. The van der Waals surface area contributed by atoms with E-state index in [1.54, 1.807) is 23.9 Å². The summed E-state index contributed by atoms with van der Waals surface area (Å²) < 4.78 is 35.8. The van der Waals surface area contributed by atoms with E-state index in [-0.39, 0.29) is 21.7 Å². The van der Waals surface area contributed by atoms with Gasteiger partial charge in [-0.05, 0) is 118 Å². The fourth-order valence-electron chi connectivity index (χ4n) is 8.04. The summed E-state index contributed by atoms with van der Waals surface area (Å²) in [5.74, 6) is -0.231. The van der Waals surface area contributed by atoms with E-state index in [1.807, 2.05) is 62.4 Å². The van der Waals surface area contributed by atoms with Crippen molar-refractivity contribution in [2.24, 2.45) is 0 Å². The number of ether oxygens (including phenoxy) is 1. The zero-order valence-electron chi connectivity index (χ0n) is 34.2. The van der Waals surface area contributed by atoms with Crippen molar-refractivity contribution in [1.82, 2.24) is 9.62 Å². The molecule has 1 amide bonds. The van der Waals surface area contributed by atoms with E-state index in [0.29, 0.717) is 12.4 Å². The first-order valence-corrected chi connectivity index (χ1v) is 23.0. The molecule has 0 unspecified atom stereocenters. The van der Waals surface area contributed by atoms with Crippen LogP contribution in [0.1, 0.15) is 55.5 Å². The molecular weight excluding hydrogens is 795 g/mol. The number of nitro benzene ring substituents is 1. The zero-order valence-corrected chi connectivity index (χ0v) is 35.9. The second-order valence-corrected chi connectivity index (χ2v) is 19.0. The lowest BCUT2D eigenvalue weighted by atomic mass is 9.82. The molecule has 5 aromatic carbocycles. The molecular formula is C47H53N5O6S2. The Bertz CT molecular complexity index is 2350. The van der Waals surface area contributed by atoms with Gasteiger partial charge in [-0.3, -0.25) is 14.9 Å². The van der Waals surface area contributed by atoms with Crippen LogP contribution in [-0.2, 0) is 21.2 Å². The Morgan fingerprint density at radius 3 is 2.18 bits per heavy atom. The molecule has 2 fully saturated rings. The summed E-state index contributed by atoms with van der Waals surface area (Å²) in [5, 5.41) is 15.3. The molecule has 0 radical (unpaired) electrons. The Balaban J connectivity index is 0.994. The van der Waals surface area contributed by atoms with E-state index >= 15 is 0 Å². The molecule has 2 aliphatic heterocycles. The monoisotopic (exact) mass is 847 g/mol. The minimum atomic E-state index is -4.44. The number of hydrogen-bond donors (Lipinski definition) is 2. The number of carbonyl (C=O) groups is 1. The van der Waals surface area contributed by atoms with E-state index in [0.717, 1.165) is 68.6 Å². The lowest BCUT2D eigenvalue weighted by molar-refractivity contribution is -0.384. The molecule has 0 saturated carbocycles. The Labute approximate surface area is 357 Å². The van der Waals surface area contributed by atoms with Crippen molar-refractivity contribution in [2.75, 3.05) is 55.3 Å². The molecule has 5 aromatic rings. The summed E-state index contributed by atoms with van der Waals surface area (Å²) >= 11 is 1.60. The van der Waals surface area contributed by atoms with Gasteiger partial charge in [0.05, 0.1) is 22.0 Å². The summed E-state index contributed by atoms with van der Waals surface area (Å²) in [6.07, 6.45) is 4.92. The van der Waals surface area contributed by atoms with E-state index in [2.05, 4.69) is 68.4 Å². The van der Waals surface area contributed by atoms with Crippen molar-refractivity contribution in [3.05, 3.63) is 149 Å². The number of hydrogen-bond acceptors (Lipinski definition) is 10. The van der Waals surface area contributed by atoms with Gasteiger partial charge in [0.2, 0.25) is 0 Å². The maximum Gasteiger partial charge on any atom is 0.293 e. The van der Waals surface area contributed by atoms with Crippen LogP contribution in [0.15, 0.2) is 137 Å². The Hall–Kier alpha value is -5.21. The lowest BCUT2D eigenvalue weighted by Gasteiger charge is -2.43. The maximum absolute atomic E-state index is 13.4. The number of likely N-dealkylation sites (tertiary alicyclic amines) is 1. The van der Waals surface area contributed by atoms with Crippen molar-refractivity contribution >= 4 is 44.8 Å². The van der Waals surface area contributed by atoms with Crippen LogP contribution in [0.3, 0.4) is 0 Å². The zero-order chi connectivity index (χ0) is 42.2. The van der Waals surface area contributed by atoms with Crippen LogP contribution in [0, 0.1) is 10.1 Å². The third-order valence-electron chi connectivity index (χ3n) is 11.3. The number of benzene rings is 5. The number of piperidine rings is 1. The van der Waals surface area contributed by atoms with Gasteiger partial charge in [0, 0.05) is 59.6 Å². The first kappa shape index (κ1) is 42.9. The van der Waals surface area contributed by atoms with Crippen LogP contribution in [0.25, 0.3) is 11.1 Å². The topological polar surface area (TPSA) is 134 Å². The van der Waals surface area contributed by atoms with Gasteiger partial charge in [-0.15, -0.1) is 11.8 Å². The van der Waals surface area contributed by atoms with Crippen LogP contribution in [-0.4, -0.2) is 80.4 Å². The number of anilines is 2. The van der Waals surface area contributed by atoms with Crippen molar-refractivity contribution in [1.29, 1.82) is 0 Å². The predicted molar refractivity (Wildman–Crippen MR) is 240 cm³/mol. The van der Waals surface area contributed by atoms with Crippen molar-refractivity contribution in [3.63, 3.8) is 0 Å². The standard InChI is InChI=1S/C47H53N5O6S2/c1-46(2,35-59-40-16-7-4-8-17-40)48-43-24-23-41(33-44(43)52(54)55)60(56,57)49-45(53)37-19-21-39(22-20-37)51-29-25-47(26-30-51,58-32-31-50-27-11-12-28-50)34-38-15-9-10-18-42(38)36-13-5-3-6-14-36/h3-10,13-24,33,48H,11-12,25-32,34-35H2,1-2H3,(H,49,53). The highest BCUT2D eigenvalue weighted by Gasteiger charge is 2.37. The van der Waals surface area contributed by atoms with Crippen LogP contribution in [0.5, 0.6) is 0 Å². The summed E-state index contributed by atoms with van der Waals surface area (Å²) in [7, 11) is -4.44. The van der Waals surface area contributed by atoms with Crippen LogP contribution >= 0.6 is 11.8 Å². The first-order valence-electron chi connectivity index (χ1n) is 20.6. The van der Waals surface area contributed by atoms with Gasteiger partial charge in [-0.25, -0.2) is 13.1 Å². The summed E-state index contributed by atoms with van der Waals surface area (Å²) in [5.41, 5.74) is 3.62. The van der Waals surface area contributed by atoms with Gasteiger partial charge in [-0.2, -0.15) is 0 Å². The molecule has 2 heterocycles. The molecule has 13 heteroatoms. The number of nitrogens with one attached hydrogen (secondary N) is 2. The fraction of sp³-hybridized carbons (Fsp3) is 0.340. The highest BCUT2D eigenvalue weighted by Crippen LogP contribution is 2.36. The highest BCUT2D eigenvalue weighted by molar-refractivity contribution is 7.99. The quantitative estimate of drug-likeness (QED) is 0.0531. The van der Waals surface area contributed by atoms with Gasteiger partial charge in [0.25, 0.3) is 21.6 Å². The molecule has 0 atom stereocenters. The maximum atomic E-state index is 13.4. The average molecular weight is 848 g/mol. The molecule has 0 aliphatic carbocycles. The van der Waals surface area contributed by atoms with E-state index in [4.69, 9.17) is 4.74 Å². The molecule has 60 heavy (non-hydrogen) atoms. The van der Waals surface area contributed by atoms with E-state index < -0.39 is 32.1 Å². The normalized spacial score (nSPS) is 15.7. The Morgan fingerprint density at radius 2 is 1.50 bits per heavy atom. The second-order valence-electron chi connectivity index (χ2n) is 16.3. The number of nitro groups is 1. The van der Waals surface area contributed by atoms with Gasteiger partial charge in [-0.1, -0.05) is 72.8 Å². The predicted octanol–water partition coefficient (Wildman–Crippen LogP) is 9.06. The Morgan fingerprint density at radius 1 is 0.850 bits per heavy atom. The Kier molecular flexibility index (Phi) is 13.6. The number of amides is 1. The van der Waals surface area contributed by atoms with E-state index in [9.17, 15) is 23.3 Å². The highest BCUT2D eigenvalue weighted by atomic mass is 32.2. The third kappa shape index (κ3) is 10.9. The molecule has 0 spiro atoms. The number of thioether (sulfide) groups is 1. The van der Waals surface area contributed by atoms with Crippen molar-refractivity contribution in [2.45, 2.75) is 66.9 Å². The van der Waals surface area contributed by atoms with E-state index in [1.165, 1.54) is 41.7 Å². The summed E-state index contributed by atoms with van der Waals surface area (Å²) in [6, 6.07) is 39.4. The molecule has 2 aliphatic rings. The SMILES string of the molecule is CC(C)(CSc1ccccc1)Nc1ccc(S(=O)(=O)NC(=O)c2ccc(N3CCC(Cc4ccccc4-c4ccccc4)(OCCN4CCCC4)CC3)cc2)cc1[N+](=O)[O-]. The van der Waals surface area contributed by atoms with Crippen LogP contribution in [0.4, 0.5) is 17.1 Å². The van der Waals surface area contributed by atoms with Gasteiger partial charge < -0.3 is 19.9 Å². The molecule has 2 saturated heterocycles. The molecule has 0 bridgehead atoms. The fourth-order valence-corrected chi connectivity index (χ4v) is 9.99. The summed E-state index contributed by atoms with van der Waals surface area (Å²) in [4.78, 5) is 30.2. The van der Waals surface area contributed by atoms with Crippen molar-refractivity contribution in [3.8, 4) is 11.1 Å². The number of carbonyl (C=O) groups excluding carboxylic acids is 1. The van der Waals surface area contributed by atoms with Crippen LogP contribution in [0.2, 0.25) is 0 Å². The number of sulfonamides is 1. The summed E-state index contributed by atoms with van der Waals surface area (Å²) in [6.45, 7) is 9.21. The number of nitrogens with zero attached hydrogens (tertiary/aromatic N) is 3. The van der Waals surface area contributed by atoms with Gasteiger partial charge in [0.1, 0.15) is 5.69 Å².